The van der Waals surface area contributed by atoms with E-state index in [-0.39, 0.29) is 23.5 Å². The van der Waals surface area contributed by atoms with Crippen molar-refractivity contribution in [1.82, 2.24) is 15.3 Å². The molecule has 1 saturated carbocycles. The molecule has 1 aliphatic rings. The van der Waals surface area contributed by atoms with Crippen LogP contribution in [0.2, 0.25) is 0 Å². The predicted molar refractivity (Wildman–Crippen MR) is 85.1 cm³/mol. The van der Waals surface area contributed by atoms with Crippen molar-refractivity contribution in [3.63, 3.8) is 0 Å². The highest BCUT2D eigenvalue weighted by molar-refractivity contribution is 5.98. The van der Waals surface area contributed by atoms with Gasteiger partial charge in [0.05, 0.1) is 6.20 Å². The molecular formula is C16H17F3N4O3. The standard InChI is InChI=1S/C16H17F3N4O3/c17-16(18,19)15(25)26-23-13-6-1-9(7-10(13)8-21-23)14(24)22-12-4-2-11(20)3-5-12/h1,6-8,11-12H,2-5,20H2,(H,22,24). The predicted octanol–water partition coefficient (Wildman–Crippen LogP) is 1.55. The first-order valence-electron chi connectivity index (χ1n) is 8.08. The summed E-state index contributed by atoms with van der Waals surface area (Å²) >= 11 is 0. The van der Waals surface area contributed by atoms with Crippen LogP contribution >= 0.6 is 0 Å². The molecule has 7 nitrogen and oxygen atoms in total. The largest absolute Gasteiger partial charge is 0.493 e. The Hall–Kier alpha value is -2.62. The minimum atomic E-state index is -5.12. The highest BCUT2D eigenvalue weighted by Crippen LogP contribution is 2.20. The second-order valence-electron chi connectivity index (χ2n) is 6.25. The molecule has 1 fully saturated rings. The van der Waals surface area contributed by atoms with E-state index < -0.39 is 12.1 Å². The lowest BCUT2D eigenvalue weighted by Crippen LogP contribution is -2.40. The van der Waals surface area contributed by atoms with Crippen molar-refractivity contribution in [1.29, 1.82) is 0 Å². The van der Waals surface area contributed by atoms with Gasteiger partial charge in [0.1, 0.15) is 5.52 Å². The van der Waals surface area contributed by atoms with Gasteiger partial charge in [-0.05, 0) is 43.9 Å². The Morgan fingerprint density at radius 3 is 2.58 bits per heavy atom. The second-order valence-corrected chi connectivity index (χ2v) is 6.25. The number of nitrogens with two attached hydrogens (primary N) is 1. The van der Waals surface area contributed by atoms with E-state index in [9.17, 15) is 22.8 Å². The Morgan fingerprint density at radius 2 is 1.92 bits per heavy atom. The monoisotopic (exact) mass is 370 g/mol. The van der Waals surface area contributed by atoms with Gasteiger partial charge in [0.15, 0.2) is 0 Å². The Kier molecular flexibility index (Phi) is 4.86. The van der Waals surface area contributed by atoms with E-state index in [1.165, 1.54) is 24.4 Å². The van der Waals surface area contributed by atoms with Gasteiger partial charge in [0, 0.05) is 23.0 Å². The van der Waals surface area contributed by atoms with Crippen LogP contribution in [0.1, 0.15) is 36.0 Å². The zero-order valence-corrected chi connectivity index (χ0v) is 13.6. The summed E-state index contributed by atoms with van der Waals surface area (Å²) in [6.45, 7) is 0. The molecule has 0 unspecified atom stereocenters. The molecule has 1 aromatic carbocycles. The highest BCUT2D eigenvalue weighted by atomic mass is 19.4. The summed E-state index contributed by atoms with van der Waals surface area (Å²) in [5.41, 5.74) is 6.32. The van der Waals surface area contributed by atoms with E-state index in [1.807, 2.05) is 0 Å². The average Bonchev–Trinajstić information content (AvgIpc) is 2.98. The lowest BCUT2D eigenvalue weighted by Gasteiger charge is -2.26. The maximum atomic E-state index is 12.4. The summed E-state index contributed by atoms with van der Waals surface area (Å²) in [6, 6.07) is 4.51. The summed E-state index contributed by atoms with van der Waals surface area (Å²) in [5.74, 6) is -2.66. The first-order chi connectivity index (χ1) is 12.2. The number of rotatable bonds is 3. The number of alkyl halides is 3. The minimum absolute atomic E-state index is 0.0495. The van der Waals surface area contributed by atoms with Crippen LogP contribution in [-0.2, 0) is 4.79 Å². The highest BCUT2D eigenvalue weighted by Gasteiger charge is 2.42. The van der Waals surface area contributed by atoms with Gasteiger partial charge in [-0.1, -0.05) is 4.85 Å². The third-order valence-electron chi connectivity index (χ3n) is 4.31. The zero-order valence-electron chi connectivity index (χ0n) is 13.6. The van der Waals surface area contributed by atoms with Crippen molar-refractivity contribution >= 4 is 22.8 Å². The van der Waals surface area contributed by atoms with E-state index in [1.54, 1.807) is 0 Å². The third kappa shape index (κ3) is 3.96. The van der Waals surface area contributed by atoms with Gasteiger partial charge in [-0.3, -0.25) is 4.79 Å². The summed E-state index contributed by atoms with van der Waals surface area (Å²) in [5, 5.41) is 6.90. The zero-order chi connectivity index (χ0) is 18.9. The van der Waals surface area contributed by atoms with Gasteiger partial charge in [-0.25, -0.2) is 4.79 Å². The number of aromatic nitrogens is 2. The first-order valence-corrected chi connectivity index (χ1v) is 8.08. The van der Waals surface area contributed by atoms with Crippen LogP contribution in [0.15, 0.2) is 24.4 Å². The molecule has 1 amide bonds. The molecule has 2 aromatic rings. The number of carbonyl (C=O) groups excluding carboxylic acids is 2. The maximum Gasteiger partial charge on any atom is 0.493 e. The number of benzene rings is 1. The average molecular weight is 370 g/mol. The number of halogens is 3. The van der Waals surface area contributed by atoms with Crippen LogP contribution in [-0.4, -0.2) is 40.1 Å². The molecule has 1 aliphatic carbocycles. The Bertz CT molecular complexity index is 826. The molecule has 0 atom stereocenters. The fourth-order valence-electron chi connectivity index (χ4n) is 2.89. The summed E-state index contributed by atoms with van der Waals surface area (Å²) < 4.78 is 36.8. The summed E-state index contributed by atoms with van der Waals surface area (Å²) in [4.78, 5) is 27.9. The van der Waals surface area contributed by atoms with Gasteiger partial charge in [0.2, 0.25) is 0 Å². The fourth-order valence-corrected chi connectivity index (χ4v) is 2.89. The molecular weight excluding hydrogens is 353 g/mol. The number of hydrogen-bond donors (Lipinski definition) is 2. The quantitative estimate of drug-likeness (QED) is 0.854. The Labute approximate surface area is 146 Å². The second kappa shape index (κ2) is 6.94. The number of carbonyl (C=O) groups is 2. The Morgan fingerprint density at radius 1 is 1.23 bits per heavy atom. The van der Waals surface area contributed by atoms with Crippen molar-refractivity contribution in [2.75, 3.05) is 0 Å². The molecule has 0 saturated heterocycles. The lowest BCUT2D eigenvalue weighted by molar-refractivity contribution is -0.200. The minimum Gasteiger partial charge on any atom is -0.349 e. The lowest BCUT2D eigenvalue weighted by atomic mass is 9.91. The number of nitrogens with one attached hydrogen (secondary N) is 1. The first kappa shape index (κ1) is 18.2. The van der Waals surface area contributed by atoms with Gasteiger partial charge in [-0.15, -0.1) is 5.10 Å². The molecule has 0 radical (unpaired) electrons. The molecule has 26 heavy (non-hydrogen) atoms. The van der Waals surface area contributed by atoms with E-state index in [2.05, 4.69) is 15.3 Å². The van der Waals surface area contributed by atoms with Crippen molar-refractivity contribution in [2.45, 2.75) is 43.9 Å². The van der Waals surface area contributed by atoms with Crippen LogP contribution in [0, 0.1) is 0 Å². The van der Waals surface area contributed by atoms with Crippen LogP contribution in [0.3, 0.4) is 0 Å². The number of amides is 1. The van der Waals surface area contributed by atoms with Crippen molar-refractivity contribution in [3.8, 4) is 0 Å². The molecule has 3 rings (SSSR count). The van der Waals surface area contributed by atoms with Crippen LogP contribution in [0.25, 0.3) is 10.9 Å². The SMILES string of the molecule is NC1CCC(NC(=O)c2ccc3c(cnn3OC(=O)C(F)(F)F)c2)CC1. The molecule has 1 aromatic heterocycles. The van der Waals surface area contributed by atoms with E-state index in [0.717, 1.165) is 25.7 Å². The van der Waals surface area contributed by atoms with Gasteiger partial charge < -0.3 is 15.9 Å². The molecule has 0 bridgehead atoms. The van der Waals surface area contributed by atoms with Crippen molar-refractivity contribution in [3.05, 3.63) is 30.0 Å². The maximum absolute atomic E-state index is 12.4. The molecule has 0 spiro atoms. The van der Waals surface area contributed by atoms with E-state index in [4.69, 9.17) is 5.73 Å². The van der Waals surface area contributed by atoms with Crippen LogP contribution in [0.5, 0.6) is 0 Å². The van der Waals surface area contributed by atoms with Gasteiger partial charge in [-0.2, -0.15) is 13.2 Å². The fraction of sp³-hybridized carbons (Fsp3) is 0.438. The Balaban J connectivity index is 1.72. The van der Waals surface area contributed by atoms with Crippen LogP contribution < -0.4 is 15.9 Å². The third-order valence-corrected chi connectivity index (χ3v) is 4.31. The molecule has 140 valence electrons. The molecule has 1 heterocycles. The van der Waals surface area contributed by atoms with Crippen molar-refractivity contribution < 1.29 is 27.6 Å². The summed E-state index contributed by atoms with van der Waals surface area (Å²) in [7, 11) is 0. The molecule has 3 N–H and O–H groups in total. The normalized spacial score (nSPS) is 20.8. The van der Waals surface area contributed by atoms with E-state index >= 15 is 0 Å². The summed E-state index contributed by atoms with van der Waals surface area (Å²) in [6.07, 6.45) is -0.598. The number of nitrogens with zero attached hydrogens (tertiary/aromatic N) is 2. The van der Waals surface area contributed by atoms with E-state index in [0.29, 0.717) is 15.8 Å². The number of fused-ring (bicyclic) bond motifs is 1. The molecule has 10 heteroatoms. The number of hydrogen-bond acceptors (Lipinski definition) is 5. The smallest absolute Gasteiger partial charge is 0.349 e. The van der Waals surface area contributed by atoms with Gasteiger partial charge in [0.25, 0.3) is 5.91 Å². The van der Waals surface area contributed by atoms with Gasteiger partial charge >= 0.3 is 12.1 Å². The van der Waals surface area contributed by atoms with Crippen molar-refractivity contribution in [2.24, 2.45) is 5.73 Å². The molecule has 0 aliphatic heterocycles. The van der Waals surface area contributed by atoms with Crippen LogP contribution in [0.4, 0.5) is 13.2 Å². The topological polar surface area (TPSA) is 99.2 Å².